The van der Waals surface area contributed by atoms with E-state index in [2.05, 4.69) is 25.8 Å². The predicted molar refractivity (Wildman–Crippen MR) is 126 cm³/mol. The molecule has 2 heterocycles. The van der Waals surface area contributed by atoms with Gasteiger partial charge in [0.1, 0.15) is 5.57 Å². The van der Waals surface area contributed by atoms with Gasteiger partial charge in [-0.15, -0.1) is 0 Å². The van der Waals surface area contributed by atoms with Crippen LogP contribution in [0.25, 0.3) is 11.8 Å². The molecule has 4 rings (SSSR count). The summed E-state index contributed by atoms with van der Waals surface area (Å²) in [6.45, 7) is 3.96. The van der Waals surface area contributed by atoms with Crippen molar-refractivity contribution in [1.29, 1.82) is 0 Å². The van der Waals surface area contributed by atoms with Crippen LogP contribution in [0, 0.1) is 13.8 Å². The first kappa shape index (κ1) is 20.3. The number of hydrogen-bond acceptors (Lipinski definition) is 3. The first-order valence-electron chi connectivity index (χ1n) is 9.28. The summed E-state index contributed by atoms with van der Waals surface area (Å²) in [4.78, 5) is 27.1. The summed E-state index contributed by atoms with van der Waals surface area (Å²) in [5.41, 5.74) is 4.41. The molecular weight excluding hydrogens is 462 g/mol. The van der Waals surface area contributed by atoms with Gasteiger partial charge in [-0.3, -0.25) is 19.8 Å². The van der Waals surface area contributed by atoms with Crippen molar-refractivity contribution in [2.45, 2.75) is 13.8 Å². The third-order valence-electron chi connectivity index (χ3n) is 4.97. The summed E-state index contributed by atoms with van der Waals surface area (Å²) < 4.78 is 2.98. The topological polar surface area (TPSA) is 54.3 Å². The standard InChI is InChI=1S/C23H18BrN3O2S/c1-14-12-16(15(2)26(14)18-6-4-3-5-7-18)13-20-21(28)25-23(30)27(22(20)29)19-10-8-17(24)9-11-19/h3-13H,1-2H3,(H,25,28,30)/b20-13+. The third kappa shape index (κ3) is 3.62. The Morgan fingerprint density at radius 1 is 0.967 bits per heavy atom. The monoisotopic (exact) mass is 479 g/mol. The molecule has 1 fully saturated rings. The molecule has 1 N–H and O–H groups in total. The normalized spacial score (nSPS) is 15.6. The molecule has 150 valence electrons. The number of thiocarbonyl (C=S) groups is 1. The Balaban J connectivity index is 1.76. The minimum Gasteiger partial charge on any atom is -0.318 e. The van der Waals surface area contributed by atoms with Gasteiger partial charge in [-0.2, -0.15) is 0 Å². The highest BCUT2D eigenvalue weighted by Gasteiger charge is 2.34. The van der Waals surface area contributed by atoms with Crippen LogP contribution in [-0.2, 0) is 9.59 Å². The van der Waals surface area contributed by atoms with Crippen LogP contribution in [0.15, 0.2) is 70.7 Å². The zero-order valence-corrected chi connectivity index (χ0v) is 18.8. The number of hydrogen-bond donors (Lipinski definition) is 1. The second-order valence-electron chi connectivity index (χ2n) is 6.93. The average Bonchev–Trinajstić information content (AvgIpc) is 3.00. The van der Waals surface area contributed by atoms with Crippen molar-refractivity contribution in [3.8, 4) is 5.69 Å². The van der Waals surface area contributed by atoms with Gasteiger partial charge in [0.15, 0.2) is 5.11 Å². The number of benzene rings is 2. The summed E-state index contributed by atoms with van der Waals surface area (Å²) >= 11 is 8.64. The summed E-state index contributed by atoms with van der Waals surface area (Å²) in [5.74, 6) is -0.946. The Kier molecular flexibility index (Phi) is 5.40. The number of nitrogens with zero attached hydrogens (tertiary/aromatic N) is 2. The quantitative estimate of drug-likeness (QED) is 0.336. The van der Waals surface area contributed by atoms with Crippen molar-refractivity contribution < 1.29 is 9.59 Å². The van der Waals surface area contributed by atoms with E-state index in [1.54, 1.807) is 18.2 Å². The first-order valence-corrected chi connectivity index (χ1v) is 10.5. The van der Waals surface area contributed by atoms with Gasteiger partial charge in [0.05, 0.1) is 5.69 Å². The van der Waals surface area contributed by atoms with Gasteiger partial charge in [0, 0.05) is 21.5 Å². The Morgan fingerprint density at radius 3 is 2.30 bits per heavy atom. The smallest absolute Gasteiger partial charge is 0.270 e. The number of carbonyl (C=O) groups excluding carboxylic acids is 2. The van der Waals surface area contributed by atoms with Gasteiger partial charge in [0.25, 0.3) is 11.8 Å². The number of halogens is 1. The predicted octanol–water partition coefficient (Wildman–Crippen LogP) is 4.69. The largest absolute Gasteiger partial charge is 0.318 e. The summed E-state index contributed by atoms with van der Waals surface area (Å²) in [5, 5.41) is 2.70. The molecule has 30 heavy (non-hydrogen) atoms. The molecule has 7 heteroatoms. The number of carbonyl (C=O) groups is 2. The molecule has 0 saturated carbocycles. The first-order chi connectivity index (χ1) is 14.4. The Bertz CT molecular complexity index is 1200. The molecule has 1 aliphatic rings. The molecule has 0 aliphatic carbocycles. The van der Waals surface area contributed by atoms with Gasteiger partial charge in [-0.05, 0) is 80.2 Å². The van der Waals surface area contributed by atoms with Crippen molar-refractivity contribution in [2.75, 3.05) is 4.90 Å². The summed E-state index contributed by atoms with van der Waals surface area (Å²) in [6.07, 6.45) is 1.63. The lowest BCUT2D eigenvalue weighted by molar-refractivity contribution is -0.122. The second kappa shape index (κ2) is 8.01. The van der Waals surface area contributed by atoms with E-state index < -0.39 is 11.8 Å². The Labute approximate surface area is 188 Å². The molecule has 0 spiro atoms. The van der Waals surface area contributed by atoms with Crippen LogP contribution in [-0.4, -0.2) is 21.5 Å². The highest BCUT2D eigenvalue weighted by molar-refractivity contribution is 9.10. The molecule has 1 aliphatic heterocycles. The number of amides is 2. The Morgan fingerprint density at radius 2 is 1.63 bits per heavy atom. The minimum atomic E-state index is -0.497. The lowest BCUT2D eigenvalue weighted by atomic mass is 10.1. The van der Waals surface area contributed by atoms with Crippen LogP contribution < -0.4 is 10.2 Å². The van der Waals surface area contributed by atoms with Crippen LogP contribution in [0.5, 0.6) is 0 Å². The molecule has 0 bridgehead atoms. The molecule has 2 amide bonds. The van der Waals surface area contributed by atoms with Crippen LogP contribution in [0.3, 0.4) is 0 Å². The zero-order chi connectivity index (χ0) is 21.4. The number of anilines is 1. The highest BCUT2D eigenvalue weighted by atomic mass is 79.9. The molecule has 3 aromatic rings. The van der Waals surface area contributed by atoms with Crippen molar-refractivity contribution in [2.24, 2.45) is 0 Å². The van der Waals surface area contributed by atoms with E-state index in [4.69, 9.17) is 12.2 Å². The van der Waals surface area contributed by atoms with Crippen LogP contribution in [0.2, 0.25) is 0 Å². The lowest BCUT2D eigenvalue weighted by Gasteiger charge is -2.29. The molecular formula is C23H18BrN3O2S. The fourth-order valence-electron chi connectivity index (χ4n) is 3.55. The highest BCUT2D eigenvalue weighted by Crippen LogP contribution is 2.26. The SMILES string of the molecule is Cc1cc(/C=C2\C(=O)NC(=S)N(c3ccc(Br)cc3)C2=O)c(C)n1-c1ccccc1. The van der Waals surface area contributed by atoms with Crippen LogP contribution in [0.4, 0.5) is 5.69 Å². The maximum Gasteiger partial charge on any atom is 0.270 e. The minimum absolute atomic E-state index is 0.0415. The molecule has 2 aromatic carbocycles. The van der Waals surface area contributed by atoms with E-state index in [1.807, 2.05) is 62.4 Å². The van der Waals surface area contributed by atoms with E-state index in [0.717, 1.165) is 27.1 Å². The maximum absolute atomic E-state index is 13.2. The van der Waals surface area contributed by atoms with Crippen LogP contribution >= 0.6 is 28.1 Å². The number of nitrogens with one attached hydrogen (secondary N) is 1. The number of aryl methyl sites for hydroxylation is 1. The molecule has 0 unspecified atom stereocenters. The Hall–Kier alpha value is -3.03. The van der Waals surface area contributed by atoms with E-state index in [9.17, 15) is 9.59 Å². The van der Waals surface area contributed by atoms with Crippen molar-refractivity contribution in [3.05, 3.63) is 87.7 Å². The fraction of sp³-hybridized carbons (Fsp3) is 0.0870. The lowest BCUT2D eigenvalue weighted by Crippen LogP contribution is -2.54. The van der Waals surface area contributed by atoms with Gasteiger partial charge >= 0.3 is 0 Å². The van der Waals surface area contributed by atoms with E-state index >= 15 is 0 Å². The third-order valence-corrected chi connectivity index (χ3v) is 5.78. The van der Waals surface area contributed by atoms with E-state index in [-0.39, 0.29) is 10.7 Å². The maximum atomic E-state index is 13.2. The van der Waals surface area contributed by atoms with Gasteiger partial charge in [0.2, 0.25) is 0 Å². The average molecular weight is 480 g/mol. The van der Waals surface area contributed by atoms with Crippen molar-refractivity contribution in [3.63, 3.8) is 0 Å². The fourth-order valence-corrected chi connectivity index (χ4v) is 4.09. The van der Waals surface area contributed by atoms with E-state index in [0.29, 0.717) is 5.69 Å². The van der Waals surface area contributed by atoms with Gasteiger partial charge in [-0.1, -0.05) is 34.1 Å². The molecule has 5 nitrogen and oxygen atoms in total. The molecule has 0 radical (unpaired) electrons. The summed E-state index contributed by atoms with van der Waals surface area (Å²) in [7, 11) is 0. The molecule has 1 aromatic heterocycles. The summed E-state index contributed by atoms with van der Waals surface area (Å²) in [6, 6.07) is 19.1. The second-order valence-corrected chi connectivity index (χ2v) is 8.23. The van der Waals surface area contributed by atoms with Gasteiger partial charge < -0.3 is 4.57 Å². The van der Waals surface area contributed by atoms with Crippen molar-refractivity contribution >= 4 is 56.8 Å². The zero-order valence-electron chi connectivity index (χ0n) is 16.3. The number of para-hydroxylation sites is 1. The van der Waals surface area contributed by atoms with Crippen LogP contribution in [0.1, 0.15) is 17.0 Å². The number of aromatic nitrogens is 1. The van der Waals surface area contributed by atoms with Crippen molar-refractivity contribution in [1.82, 2.24) is 9.88 Å². The molecule has 0 atom stereocenters. The van der Waals surface area contributed by atoms with Gasteiger partial charge in [-0.25, -0.2) is 0 Å². The number of rotatable bonds is 3. The van der Waals surface area contributed by atoms with E-state index in [1.165, 1.54) is 4.90 Å². The molecule has 1 saturated heterocycles.